The third-order valence-corrected chi connectivity index (χ3v) is 4.12. The van der Waals surface area contributed by atoms with Crippen LogP contribution in [0.3, 0.4) is 0 Å². The molecule has 2 rings (SSSR count). The fourth-order valence-corrected chi connectivity index (χ4v) is 2.75. The van der Waals surface area contributed by atoms with Crippen LogP contribution in [0.5, 0.6) is 0 Å². The molecule has 0 saturated carbocycles. The average Bonchev–Trinajstić information content (AvgIpc) is 2.35. The van der Waals surface area contributed by atoms with Crippen LogP contribution < -0.4 is 11.1 Å². The lowest BCUT2D eigenvalue weighted by molar-refractivity contribution is 0.544. The molecule has 1 aliphatic heterocycles. The van der Waals surface area contributed by atoms with Crippen LogP contribution in [0.15, 0.2) is 23.1 Å². The van der Waals surface area contributed by atoms with Crippen LogP contribution in [-0.4, -0.2) is 18.8 Å². The molecule has 1 aromatic carbocycles. The lowest BCUT2D eigenvalue weighted by Gasteiger charge is -2.18. The molecule has 88 valence electrons. The van der Waals surface area contributed by atoms with Gasteiger partial charge < -0.3 is 11.1 Å². The summed E-state index contributed by atoms with van der Waals surface area (Å²) < 4.78 is 0. The lowest BCUT2D eigenvalue weighted by Crippen LogP contribution is -2.12. The molecule has 0 saturated heterocycles. The van der Waals surface area contributed by atoms with Gasteiger partial charge in [0.1, 0.15) is 0 Å². The number of anilines is 1. The van der Waals surface area contributed by atoms with E-state index < -0.39 is 0 Å². The number of aryl methyl sites for hydroxylation is 1. The van der Waals surface area contributed by atoms with Gasteiger partial charge in [-0.3, -0.25) is 0 Å². The van der Waals surface area contributed by atoms with Crippen LogP contribution in [-0.2, 0) is 6.42 Å². The van der Waals surface area contributed by atoms with Crippen LogP contribution in [0.1, 0.15) is 18.9 Å². The summed E-state index contributed by atoms with van der Waals surface area (Å²) in [4.78, 5) is 1.39. The van der Waals surface area contributed by atoms with Crippen LogP contribution in [0, 0.1) is 5.92 Å². The van der Waals surface area contributed by atoms with Crippen molar-refractivity contribution in [3.8, 4) is 0 Å². The molecular weight excluding hydrogens is 216 g/mol. The Morgan fingerprint density at radius 2 is 2.38 bits per heavy atom. The summed E-state index contributed by atoms with van der Waals surface area (Å²) in [6, 6.07) is 6.79. The molecule has 0 aromatic heterocycles. The SMILES string of the molecule is CC(CN)CCc1ccc2c(c1)NCCS2. The van der Waals surface area contributed by atoms with Gasteiger partial charge in [-0.25, -0.2) is 0 Å². The molecule has 0 spiro atoms. The van der Waals surface area contributed by atoms with E-state index in [-0.39, 0.29) is 0 Å². The summed E-state index contributed by atoms with van der Waals surface area (Å²) in [7, 11) is 0. The summed E-state index contributed by atoms with van der Waals surface area (Å²) in [5, 5.41) is 3.46. The quantitative estimate of drug-likeness (QED) is 0.844. The highest BCUT2D eigenvalue weighted by Crippen LogP contribution is 2.31. The average molecular weight is 236 g/mol. The van der Waals surface area contributed by atoms with E-state index in [0.717, 1.165) is 19.5 Å². The summed E-state index contributed by atoms with van der Waals surface area (Å²) in [5.41, 5.74) is 8.37. The normalized spacial score (nSPS) is 16.4. The molecule has 0 bridgehead atoms. The van der Waals surface area contributed by atoms with Gasteiger partial charge in [0, 0.05) is 22.9 Å². The van der Waals surface area contributed by atoms with Crippen molar-refractivity contribution in [3.63, 3.8) is 0 Å². The van der Waals surface area contributed by atoms with Gasteiger partial charge in [-0.1, -0.05) is 13.0 Å². The van der Waals surface area contributed by atoms with Crippen LogP contribution in [0.25, 0.3) is 0 Å². The first kappa shape index (κ1) is 11.8. The molecule has 1 atom stereocenters. The minimum atomic E-state index is 0.623. The van der Waals surface area contributed by atoms with Crippen LogP contribution in [0.2, 0.25) is 0 Å². The van der Waals surface area contributed by atoms with Gasteiger partial charge >= 0.3 is 0 Å². The molecule has 3 N–H and O–H groups in total. The van der Waals surface area contributed by atoms with Gasteiger partial charge in [0.15, 0.2) is 0 Å². The molecule has 3 heteroatoms. The topological polar surface area (TPSA) is 38.0 Å². The fraction of sp³-hybridized carbons (Fsp3) is 0.538. The minimum Gasteiger partial charge on any atom is -0.383 e. The van der Waals surface area contributed by atoms with E-state index in [0.29, 0.717) is 5.92 Å². The summed E-state index contributed by atoms with van der Waals surface area (Å²) >= 11 is 1.94. The Bertz CT molecular complexity index is 352. The molecule has 0 amide bonds. The third kappa shape index (κ3) is 2.92. The third-order valence-electron chi connectivity index (χ3n) is 3.05. The number of hydrogen-bond donors (Lipinski definition) is 2. The van der Waals surface area contributed by atoms with Crippen molar-refractivity contribution in [3.05, 3.63) is 23.8 Å². The summed E-state index contributed by atoms with van der Waals surface area (Å²) in [6.07, 6.45) is 2.32. The number of rotatable bonds is 4. The van der Waals surface area contributed by atoms with Gasteiger partial charge in [0.25, 0.3) is 0 Å². The van der Waals surface area contributed by atoms with E-state index in [1.807, 2.05) is 11.8 Å². The maximum atomic E-state index is 5.63. The van der Waals surface area contributed by atoms with Crippen molar-refractivity contribution in [1.29, 1.82) is 0 Å². The second-order valence-electron chi connectivity index (χ2n) is 4.49. The maximum absolute atomic E-state index is 5.63. The molecule has 1 aromatic rings. The maximum Gasteiger partial charge on any atom is 0.0481 e. The van der Waals surface area contributed by atoms with E-state index in [1.165, 1.54) is 28.3 Å². The highest BCUT2D eigenvalue weighted by Gasteiger charge is 2.09. The van der Waals surface area contributed by atoms with Crippen molar-refractivity contribution in [2.75, 3.05) is 24.2 Å². The Morgan fingerprint density at radius 1 is 1.50 bits per heavy atom. The Balaban J connectivity index is 2.00. The zero-order valence-corrected chi connectivity index (χ0v) is 10.6. The zero-order chi connectivity index (χ0) is 11.4. The Morgan fingerprint density at radius 3 is 3.19 bits per heavy atom. The number of fused-ring (bicyclic) bond motifs is 1. The fourth-order valence-electron chi connectivity index (χ4n) is 1.87. The number of thioether (sulfide) groups is 1. The van der Waals surface area contributed by atoms with E-state index in [4.69, 9.17) is 5.73 Å². The smallest absolute Gasteiger partial charge is 0.0481 e. The number of hydrogen-bond acceptors (Lipinski definition) is 3. The Hall–Kier alpha value is -0.670. The number of nitrogens with two attached hydrogens (primary N) is 1. The van der Waals surface area contributed by atoms with Crippen molar-refractivity contribution in [2.24, 2.45) is 11.7 Å². The van der Waals surface area contributed by atoms with Crippen molar-refractivity contribution in [1.82, 2.24) is 0 Å². The van der Waals surface area contributed by atoms with E-state index in [1.54, 1.807) is 0 Å². The highest BCUT2D eigenvalue weighted by atomic mass is 32.2. The molecule has 16 heavy (non-hydrogen) atoms. The van der Waals surface area contributed by atoms with Crippen molar-refractivity contribution >= 4 is 17.4 Å². The van der Waals surface area contributed by atoms with Gasteiger partial charge in [0.2, 0.25) is 0 Å². The molecule has 2 nitrogen and oxygen atoms in total. The first-order chi connectivity index (χ1) is 7.79. The minimum absolute atomic E-state index is 0.623. The second kappa shape index (κ2) is 5.60. The summed E-state index contributed by atoms with van der Waals surface area (Å²) in [6.45, 7) is 4.09. The van der Waals surface area contributed by atoms with Crippen LogP contribution in [0.4, 0.5) is 5.69 Å². The second-order valence-corrected chi connectivity index (χ2v) is 5.62. The summed E-state index contributed by atoms with van der Waals surface area (Å²) in [5.74, 6) is 1.80. The number of nitrogens with one attached hydrogen (secondary N) is 1. The molecule has 0 radical (unpaired) electrons. The van der Waals surface area contributed by atoms with Gasteiger partial charge in [0.05, 0.1) is 0 Å². The predicted octanol–water partition coefficient (Wildman–Crippen LogP) is 2.73. The van der Waals surface area contributed by atoms with Gasteiger partial charge in [-0.15, -0.1) is 11.8 Å². The molecule has 0 aliphatic carbocycles. The highest BCUT2D eigenvalue weighted by molar-refractivity contribution is 7.99. The van der Waals surface area contributed by atoms with Crippen LogP contribution >= 0.6 is 11.8 Å². The molecular formula is C13H20N2S. The van der Waals surface area contributed by atoms with E-state index >= 15 is 0 Å². The first-order valence-electron chi connectivity index (χ1n) is 5.99. The zero-order valence-electron chi connectivity index (χ0n) is 9.83. The van der Waals surface area contributed by atoms with Crippen molar-refractivity contribution < 1.29 is 0 Å². The van der Waals surface area contributed by atoms with Gasteiger partial charge in [-0.2, -0.15) is 0 Å². The standard InChI is InChI=1S/C13H20N2S/c1-10(9-14)2-3-11-4-5-13-12(8-11)15-6-7-16-13/h4-5,8,10,15H,2-3,6-7,9,14H2,1H3. The van der Waals surface area contributed by atoms with E-state index in [2.05, 4.69) is 30.4 Å². The Labute approximate surface area is 102 Å². The largest absolute Gasteiger partial charge is 0.383 e. The van der Waals surface area contributed by atoms with Gasteiger partial charge in [-0.05, 0) is 43.0 Å². The molecule has 1 unspecified atom stereocenters. The lowest BCUT2D eigenvalue weighted by atomic mass is 10.0. The first-order valence-corrected chi connectivity index (χ1v) is 6.98. The predicted molar refractivity (Wildman–Crippen MR) is 72.2 cm³/mol. The van der Waals surface area contributed by atoms with Crippen molar-refractivity contribution in [2.45, 2.75) is 24.7 Å². The molecule has 1 aliphatic rings. The Kier molecular flexibility index (Phi) is 4.13. The molecule has 1 heterocycles. The molecule has 0 fully saturated rings. The monoisotopic (exact) mass is 236 g/mol. The number of benzene rings is 1. The van der Waals surface area contributed by atoms with E-state index in [9.17, 15) is 0 Å².